The highest BCUT2D eigenvalue weighted by Gasteiger charge is 2.17. The van der Waals surface area contributed by atoms with Gasteiger partial charge in [-0.05, 0) is 11.8 Å². The zero-order valence-corrected chi connectivity index (χ0v) is 12.9. The van der Waals surface area contributed by atoms with E-state index in [2.05, 4.69) is 36.1 Å². The monoisotopic (exact) mass is 287 g/mol. The average Bonchev–Trinajstić information content (AvgIpc) is 2.33. The number of hydrogen-bond acceptors (Lipinski definition) is 5. The largest absolute Gasteiger partial charge is 0.481 e. The minimum Gasteiger partial charge on any atom is -0.481 e. The molecular weight excluding hydrogens is 266 g/mol. The van der Waals surface area contributed by atoms with Crippen LogP contribution in [0.15, 0.2) is 6.07 Å². The Kier molecular flexibility index (Phi) is 5.66. The molecule has 0 bridgehead atoms. The van der Waals surface area contributed by atoms with Crippen molar-refractivity contribution in [3.05, 3.63) is 6.07 Å². The summed E-state index contributed by atoms with van der Waals surface area (Å²) in [5.41, 5.74) is 0.195. The molecule has 19 heavy (non-hydrogen) atoms. The topological polar surface area (TPSA) is 56.3 Å². The number of nitrogens with one attached hydrogen (secondary N) is 1. The highest BCUT2D eigenvalue weighted by atomic mass is 35.5. The van der Waals surface area contributed by atoms with Gasteiger partial charge in [-0.2, -0.15) is 9.97 Å². The number of aromatic nitrogens is 2. The van der Waals surface area contributed by atoms with Gasteiger partial charge in [0.2, 0.25) is 17.7 Å². The predicted molar refractivity (Wildman–Crippen MR) is 77.3 cm³/mol. The van der Waals surface area contributed by atoms with Gasteiger partial charge in [-0.3, -0.25) is 0 Å². The minimum atomic E-state index is 0.0146. The number of hydrogen-bond donors (Lipinski definition) is 1. The first kappa shape index (κ1) is 15.8. The van der Waals surface area contributed by atoms with Crippen LogP contribution in [0.1, 0.15) is 27.2 Å². The van der Waals surface area contributed by atoms with Gasteiger partial charge in [0.05, 0.1) is 25.7 Å². The molecule has 0 saturated heterocycles. The third-order valence-corrected chi connectivity index (χ3v) is 2.72. The van der Waals surface area contributed by atoms with E-state index in [9.17, 15) is 0 Å². The fourth-order valence-corrected chi connectivity index (χ4v) is 2.17. The summed E-state index contributed by atoms with van der Waals surface area (Å²) < 4.78 is 10.2. The van der Waals surface area contributed by atoms with Crippen LogP contribution in [0.3, 0.4) is 0 Å². The Hall–Kier alpha value is -1.23. The lowest BCUT2D eigenvalue weighted by Gasteiger charge is -2.22. The second-order valence-corrected chi connectivity index (χ2v) is 6.14. The molecule has 5 nitrogen and oxygen atoms in total. The summed E-state index contributed by atoms with van der Waals surface area (Å²) in [6, 6.07) is 1.62. The van der Waals surface area contributed by atoms with Crippen LogP contribution >= 0.6 is 11.6 Å². The normalized spacial score (nSPS) is 12.9. The molecule has 108 valence electrons. The van der Waals surface area contributed by atoms with E-state index in [1.807, 2.05) is 0 Å². The van der Waals surface area contributed by atoms with Crippen molar-refractivity contribution in [1.29, 1.82) is 0 Å². The molecule has 1 unspecified atom stereocenters. The lowest BCUT2D eigenvalue weighted by atomic mass is 9.90. The molecule has 1 aromatic rings. The number of methoxy groups -OCH3 is 2. The second kappa shape index (κ2) is 6.80. The summed E-state index contributed by atoms with van der Waals surface area (Å²) in [5.74, 6) is 1.36. The second-order valence-electron chi connectivity index (χ2n) is 5.52. The van der Waals surface area contributed by atoms with Crippen LogP contribution in [0.4, 0.5) is 5.95 Å². The first-order valence-corrected chi connectivity index (χ1v) is 6.62. The SMILES string of the molecule is COc1cc(OC)nc(NCC(Cl)CC(C)(C)C)n1. The van der Waals surface area contributed by atoms with E-state index < -0.39 is 0 Å². The number of ether oxygens (including phenoxy) is 2. The van der Waals surface area contributed by atoms with Crippen molar-refractivity contribution < 1.29 is 9.47 Å². The van der Waals surface area contributed by atoms with E-state index in [0.29, 0.717) is 24.3 Å². The maximum Gasteiger partial charge on any atom is 0.229 e. The number of nitrogens with zero attached hydrogens (tertiary/aromatic N) is 2. The highest BCUT2D eigenvalue weighted by molar-refractivity contribution is 6.20. The number of halogens is 1. The molecule has 0 aliphatic heterocycles. The Balaban J connectivity index is 2.62. The lowest BCUT2D eigenvalue weighted by molar-refractivity contribution is 0.369. The van der Waals surface area contributed by atoms with Crippen molar-refractivity contribution in [1.82, 2.24) is 9.97 Å². The van der Waals surface area contributed by atoms with Gasteiger partial charge in [-0.1, -0.05) is 20.8 Å². The van der Waals surface area contributed by atoms with Gasteiger partial charge in [-0.15, -0.1) is 11.6 Å². The molecule has 0 aliphatic carbocycles. The summed E-state index contributed by atoms with van der Waals surface area (Å²) in [6.45, 7) is 7.07. The van der Waals surface area contributed by atoms with Gasteiger partial charge in [0.1, 0.15) is 0 Å². The van der Waals surface area contributed by atoms with E-state index >= 15 is 0 Å². The molecule has 1 atom stereocenters. The average molecular weight is 288 g/mol. The molecule has 1 N–H and O–H groups in total. The van der Waals surface area contributed by atoms with Crippen LogP contribution in [0.2, 0.25) is 0 Å². The fourth-order valence-electron chi connectivity index (χ4n) is 1.63. The van der Waals surface area contributed by atoms with Crippen LogP contribution in [-0.2, 0) is 0 Å². The van der Waals surface area contributed by atoms with Crippen LogP contribution in [0.25, 0.3) is 0 Å². The van der Waals surface area contributed by atoms with Gasteiger partial charge in [-0.25, -0.2) is 0 Å². The smallest absolute Gasteiger partial charge is 0.229 e. The Bertz CT molecular complexity index is 385. The van der Waals surface area contributed by atoms with Crippen molar-refractivity contribution >= 4 is 17.5 Å². The lowest BCUT2D eigenvalue weighted by Crippen LogP contribution is -2.21. The standard InChI is InChI=1S/C13H22ClN3O2/c1-13(2,3)7-9(14)8-15-12-16-10(18-4)6-11(17-12)19-5/h6,9H,7-8H2,1-5H3,(H,15,16,17). The zero-order valence-electron chi connectivity index (χ0n) is 12.2. The Morgan fingerprint density at radius 1 is 1.21 bits per heavy atom. The maximum absolute atomic E-state index is 6.28. The van der Waals surface area contributed by atoms with Crippen LogP contribution < -0.4 is 14.8 Å². The summed E-state index contributed by atoms with van der Waals surface area (Å²) in [5, 5.41) is 3.12. The fraction of sp³-hybridized carbons (Fsp3) is 0.692. The van der Waals surface area contributed by atoms with E-state index in [1.165, 1.54) is 0 Å². The molecule has 1 heterocycles. The summed E-state index contributed by atoms with van der Waals surface area (Å²) >= 11 is 6.28. The zero-order chi connectivity index (χ0) is 14.5. The van der Waals surface area contributed by atoms with E-state index in [1.54, 1.807) is 20.3 Å². The molecule has 6 heteroatoms. The Morgan fingerprint density at radius 3 is 2.16 bits per heavy atom. The van der Waals surface area contributed by atoms with Crippen molar-refractivity contribution in [2.24, 2.45) is 5.41 Å². The summed E-state index contributed by atoms with van der Waals surface area (Å²) in [4.78, 5) is 8.37. The third-order valence-electron chi connectivity index (χ3n) is 2.41. The summed E-state index contributed by atoms with van der Waals surface area (Å²) in [7, 11) is 3.10. The number of rotatable bonds is 6. The first-order valence-electron chi connectivity index (χ1n) is 6.19. The molecule has 0 amide bonds. The third kappa shape index (κ3) is 5.96. The Labute approximate surface area is 119 Å². The highest BCUT2D eigenvalue weighted by Crippen LogP contribution is 2.24. The van der Waals surface area contributed by atoms with E-state index in [0.717, 1.165) is 6.42 Å². The quantitative estimate of drug-likeness (QED) is 0.815. The molecule has 0 aliphatic rings. The maximum atomic E-state index is 6.28. The van der Waals surface area contributed by atoms with Crippen molar-refractivity contribution in [2.45, 2.75) is 32.6 Å². The molecule has 1 aromatic heterocycles. The summed E-state index contributed by atoms with van der Waals surface area (Å²) in [6.07, 6.45) is 0.905. The van der Waals surface area contributed by atoms with Gasteiger partial charge < -0.3 is 14.8 Å². The predicted octanol–water partition coefficient (Wildman–Crippen LogP) is 2.95. The minimum absolute atomic E-state index is 0.0146. The Morgan fingerprint density at radius 2 is 1.74 bits per heavy atom. The van der Waals surface area contributed by atoms with Gasteiger partial charge in [0.15, 0.2) is 0 Å². The van der Waals surface area contributed by atoms with Crippen LogP contribution in [0, 0.1) is 5.41 Å². The molecule has 0 fully saturated rings. The molecule has 0 aromatic carbocycles. The van der Waals surface area contributed by atoms with E-state index in [-0.39, 0.29) is 10.8 Å². The first-order chi connectivity index (χ1) is 8.84. The number of alkyl halides is 1. The van der Waals surface area contributed by atoms with Crippen molar-refractivity contribution in [3.63, 3.8) is 0 Å². The van der Waals surface area contributed by atoms with Gasteiger partial charge in [0, 0.05) is 6.54 Å². The van der Waals surface area contributed by atoms with Crippen LogP contribution in [0.5, 0.6) is 11.8 Å². The van der Waals surface area contributed by atoms with Gasteiger partial charge in [0.25, 0.3) is 0 Å². The molecule has 0 radical (unpaired) electrons. The van der Waals surface area contributed by atoms with Crippen LogP contribution in [-0.4, -0.2) is 36.1 Å². The van der Waals surface area contributed by atoms with Gasteiger partial charge >= 0.3 is 0 Å². The molecule has 1 rings (SSSR count). The molecule has 0 saturated carbocycles. The van der Waals surface area contributed by atoms with Crippen molar-refractivity contribution in [3.8, 4) is 11.8 Å². The van der Waals surface area contributed by atoms with E-state index in [4.69, 9.17) is 21.1 Å². The number of anilines is 1. The molecule has 0 spiro atoms. The van der Waals surface area contributed by atoms with Crippen molar-refractivity contribution in [2.75, 3.05) is 26.1 Å². The molecular formula is C13H22ClN3O2.